The van der Waals surface area contributed by atoms with Gasteiger partial charge in [-0.2, -0.15) is 0 Å². The quantitative estimate of drug-likeness (QED) is 0.496. The van der Waals surface area contributed by atoms with Crippen molar-refractivity contribution in [3.05, 3.63) is 17.2 Å². The number of phenols is 1. The second-order valence-electron chi connectivity index (χ2n) is 11.3. The van der Waals surface area contributed by atoms with E-state index in [9.17, 15) is 15.0 Å². The number of benzene rings is 1. The third kappa shape index (κ3) is 3.89. The summed E-state index contributed by atoms with van der Waals surface area (Å²) >= 11 is 0. The van der Waals surface area contributed by atoms with Crippen molar-refractivity contribution < 1.29 is 24.5 Å². The molecule has 0 amide bonds. The molecule has 7 nitrogen and oxygen atoms in total. The lowest BCUT2D eigenvalue weighted by molar-refractivity contribution is -0.141. The lowest BCUT2D eigenvalue weighted by atomic mass is 9.51. The number of rotatable bonds is 7. The summed E-state index contributed by atoms with van der Waals surface area (Å²) < 4.78 is 12.4. The highest BCUT2D eigenvalue weighted by molar-refractivity contribution is 5.85. The van der Waals surface area contributed by atoms with Crippen LogP contribution in [0.2, 0.25) is 0 Å². The second-order valence-corrected chi connectivity index (χ2v) is 11.3. The average Bonchev–Trinajstić information content (AvgIpc) is 3.52. The number of phenolic OH excluding ortho intramolecular Hbond substituents is 1. The van der Waals surface area contributed by atoms with E-state index < -0.39 is 12.0 Å². The molecular weight excluding hydrogens is 491 g/mol. The summed E-state index contributed by atoms with van der Waals surface area (Å²) in [7, 11) is 1.68. The van der Waals surface area contributed by atoms with Crippen molar-refractivity contribution in [1.29, 1.82) is 0 Å². The summed E-state index contributed by atoms with van der Waals surface area (Å²) in [5.41, 5.74) is 2.14. The van der Waals surface area contributed by atoms with Crippen molar-refractivity contribution in [2.75, 3.05) is 20.2 Å². The third-order valence-corrected chi connectivity index (χ3v) is 9.26. The van der Waals surface area contributed by atoms with Gasteiger partial charge in [-0.25, -0.2) is 0 Å². The first-order chi connectivity index (χ1) is 15.8. The Bertz CT molecular complexity index is 987. The maximum Gasteiger partial charge on any atom is 0.320 e. The molecule has 1 saturated heterocycles. The Morgan fingerprint density at radius 1 is 1.29 bits per heavy atom. The Morgan fingerprint density at radius 2 is 2.03 bits per heavy atom. The predicted molar refractivity (Wildman–Crippen MR) is 138 cm³/mol. The van der Waals surface area contributed by atoms with Crippen LogP contribution >= 0.6 is 24.8 Å². The van der Waals surface area contributed by atoms with Crippen molar-refractivity contribution in [3.8, 4) is 17.2 Å². The number of likely N-dealkylation sites (tertiary alicyclic amines) is 1. The zero-order chi connectivity index (χ0) is 23.1. The van der Waals surface area contributed by atoms with Crippen molar-refractivity contribution >= 4 is 30.8 Å². The first kappa shape index (κ1) is 26.6. The highest BCUT2D eigenvalue weighted by Gasteiger charge is 2.66. The molecule has 0 unspecified atom stereocenters. The Kier molecular flexibility index (Phi) is 7.21. The molecule has 3 aliphatic carbocycles. The summed E-state index contributed by atoms with van der Waals surface area (Å²) in [5.74, 6) is 1.97. The topological polar surface area (TPSA) is 91.3 Å². The smallest absolute Gasteiger partial charge is 0.320 e. The molecule has 2 bridgehead atoms. The van der Waals surface area contributed by atoms with E-state index in [1.54, 1.807) is 13.2 Å². The van der Waals surface area contributed by atoms with Crippen LogP contribution in [0.1, 0.15) is 57.1 Å². The number of aromatic hydroxyl groups is 1. The van der Waals surface area contributed by atoms with Gasteiger partial charge in [0.05, 0.1) is 7.11 Å². The monoisotopic (exact) mass is 528 g/mol. The average molecular weight is 530 g/mol. The molecule has 3 N–H and O–H groups in total. The fourth-order valence-electron chi connectivity index (χ4n) is 7.67. The summed E-state index contributed by atoms with van der Waals surface area (Å²) in [6, 6.07) is 1.47. The van der Waals surface area contributed by atoms with Gasteiger partial charge < -0.3 is 19.7 Å². The van der Waals surface area contributed by atoms with E-state index in [4.69, 9.17) is 9.47 Å². The molecule has 5 aliphatic rings. The minimum Gasteiger partial charge on any atom is -0.504 e. The molecule has 3 fully saturated rings. The van der Waals surface area contributed by atoms with Crippen LogP contribution in [0.5, 0.6) is 17.2 Å². The lowest BCUT2D eigenvalue weighted by Gasteiger charge is -2.60. The van der Waals surface area contributed by atoms with E-state index in [1.807, 2.05) is 13.8 Å². The number of methoxy groups -OCH3 is 1. The summed E-state index contributed by atoms with van der Waals surface area (Å²) in [6.07, 6.45) is 6.38. The number of nitrogens with one attached hydrogen (secondary N) is 1. The van der Waals surface area contributed by atoms with E-state index in [0.29, 0.717) is 17.7 Å². The molecule has 0 aromatic heterocycles. The number of aliphatic carboxylic acids is 1. The predicted octanol–water partition coefficient (Wildman–Crippen LogP) is 3.76. The van der Waals surface area contributed by atoms with Crippen LogP contribution in [-0.4, -0.2) is 65.5 Å². The van der Waals surface area contributed by atoms with Gasteiger partial charge in [0, 0.05) is 41.2 Å². The fourth-order valence-corrected chi connectivity index (χ4v) is 7.67. The first-order valence-corrected chi connectivity index (χ1v) is 12.7. The summed E-state index contributed by atoms with van der Waals surface area (Å²) in [5, 5.41) is 24.2. The summed E-state index contributed by atoms with van der Waals surface area (Å²) in [4.78, 5) is 14.7. The van der Waals surface area contributed by atoms with Gasteiger partial charge in [-0.1, -0.05) is 13.8 Å². The van der Waals surface area contributed by atoms with E-state index in [1.165, 1.54) is 24.9 Å². The van der Waals surface area contributed by atoms with Crippen molar-refractivity contribution in [2.45, 2.75) is 82.0 Å². The lowest BCUT2D eigenvalue weighted by Crippen LogP contribution is -2.69. The summed E-state index contributed by atoms with van der Waals surface area (Å²) in [6.45, 7) is 6.11. The fraction of sp³-hybridized carbons (Fsp3) is 0.731. The van der Waals surface area contributed by atoms with Gasteiger partial charge in [-0.05, 0) is 62.8 Å². The number of nitrogens with zero attached hydrogens (tertiary/aromatic N) is 1. The first-order valence-electron chi connectivity index (χ1n) is 12.7. The maximum atomic E-state index is 12.0. The van der Waals surface area contributed by atoms with Crippen molar-refractivity contribution in [1.82, 2.24) is 10.2 Å². The molecule has 196 valence electrons. The normalized spacial score (nSPS) is 33.1. The molecule has 6 atom stereocenters. The Hall–Kier alpha value is -1.41. The zero-order valence-electron chi connectivity index (χ0n) is 20.7. The van der Waals surface area contributed by atoms with Gasteiger partial charge in [0.25, 0.3) is 0 Å². The molecular formula is C26H38Cl2N2O5. The van der Waals surface area contributed by atoms with Crippen LogP contribution < -0.4 is 14.8 Å². The molecule has 35 heavy (non-hydrogen) atoms. The highest BCUT2D eigenvalue weighted by atomic mass is 35.5. The number of piperidine rings is 1. The maximum absolute atomic E-state index is 12.0. The van der Waals surface area contributed by atoms with Gasteiger partial charge in [-0.15, -0.1) is 24.8 Å². The van der Waals surface area contributed by atoms with Crippen LogP contribution in [-0.2, 0) is 16.6 Å². The molecule has 2 saturated carbocycles. The zero-order valence-corrected chi connectivity index (χ0v) is 22.3. The number of hydrogen-bond acceptors (Lipinski definition) is 6. The van der Waals surface area contributed by atoms with Crippen LogP contribution in [0.4, 0.5) is 0 Å². The molecule has 1 aromatic rings. The minimum atomic E-state index is -0.814. The van der Waals surface area contributed by atoms with Gasteiger partial charge in [-0.3, -0.25) is 15.0 Å². The molecule has 1 aromatic carbocycles. The number of ether oxygens (including phenoxy) is 2. The van der Waals surface area contributed by atoms with Gasteiger partial charge in [0.1, 0.15) is 17.9 Å². The molecule has 2 heterocycles. The van der Waals surface area contributed by atoms with Crippen LogP contribution in [0.3, 0.4) is 0 Å². The van der Waals surface area contributed by atoms with Crippen LogP contribution in [0, 0.1) is 17.8 Å². The molecule has 1 spiro atoms. The third-order valence-electron chi connectivity index (χ3n) is 9.26. The number of carbonyl (C=O) groups is 1. The van der Waals surface area contributed by atoms with E-state index >= 15 is 0 Å². The second kappa shape index (κ2) is 9.47. The van der Waals surface area contributed by atoms with E-state index in [-0.39, 0.29) is 54.0 Å². The molecule has 6 rings (SSSR count). The molecule has 0 radical (unpaired) electrons. The van der Waals surface area contributed by atoms with Crippen LogP contribution in [0.15, 0.2) is 6.07 Å². The van der Waals surface area contributed by atoms with Crippen LogP contribution in [0.25, 0.3) is 0 Å². The standard InChI is InChI=1S/C26H36N2O5.2ClH/c1-13(2)22(25(30)31)27-17-7-6-16-18-10-15-20(32-3)11-19(29)23-21(15)26(16,24(17)33-23)8-9-28(18)12-14-4-5-14;;/h11,13-14,16-18,22,24,27,29H,4-10,12H2,1-3H3,(H,30,31);2*1H/t16-,17+,18+,22+,24-,26-;;/m0../s1. The van der Waals surface area contributed by atoms with Crippen molar-refractivity contribution in [2.24, 2.45) is 17.8 Å². The van der Waals surface area contributed by atoms with E-state index in [2.05, 4.69) is 10.2 Å². The SMILES string of the molecule is COc1cc(O)c2c3c1C[C@@H]1[C@@H]4CC[C@@H](N[C@@H](C(=O)O)C(C)C)[C@H](O2)[C@]34CCN1CC1CC1.Cl.Cl. The number of carboxylic acids is 1. The number of halogens is 2. The van der Waals surface area contributed by atoms with Crippen molar-refractivity contribution in [3.63, 3.8) is 0 Å². The number of carboxylic acid groups (broad SMARTS) is 1. The van der Waals surface area contributed by atoms with Gasteiger partial charge in [0.2, 0.25) is 0 Å². The Balaban J connectivity index is 0.00000144. The Labute approximate surface area is 219 Å². The van der Waals surface area contributed by atoms with Gasteiger partial charge >= 0.3 is 5.97 Å². The molecule has 9 heteroatoms. The van der Waals surface area contributed by atoms with E-state index in [0.717, 1.165) is 49.5 Å². The highest BCUT2D eigenvalue weighted by Crippen LogP contribution is 2.65. The molecule has 2 aliphatic heterocycles. The van der Waals surface area contributed by atoms with Gasteiger partial charge in [0.15, 0.2) is 11.5 Å². The Morgan fingerprint density at radius 3 is 2.66 bits per heavy atom. The largest absolute Gasteiger partial charge is 0.504 e. The number of hydrogen-bond donors (Lipinski definition) is 3. The minimum absolute atomic E-state index is 0.